The predicted octanol–water partition coefficient (Wildman–Crippen LogP) is 3.05. The molecule has 1 aromatic carbocycles. The van der Waals surface area contributed by atoms with E-state index in [-0.39, 0.29) is 16.1 Å². The van der Waals surface area contributed by atoms with Crippen molar-refractivity contribution in [1.82, 2.24) is 0 Å². The van der Waals surface area contributed by atoms with Gasteiger partial charge in [0.05, 0.1) is 11.0 Å². The van der Waals surface area contributed by atoms with Crippen LogP contribution in [0.4, 0.5) is 5.69 Å². The van der Waals surface area contributed by atoms with Gasteiger partial charge in [-0.2, -0.15) is 0 Å². The third kappa shape index (κ3) is 5.44. The Kier molecular flexibility index (Phi) is 7.95. The average molecular weight is 290 g/mol. The zero-order chi connectivity index (χ0) is 15.7. The summed E-state index contributed by atoms with van der Waals surface area (Å²) in [5.74, 6) is 0. The lowest BCUT2D eigenvalue weighted by Gasteiger charge is -2.02. The van der Waals surface area contributed by atoms with Crippen molar-refractivity contribution in [2.45, 2.75) is 77.6 Å². The van der Waals surface area contributed by atoms with Crippen LogP contribution in [0.25, 0.3) is 0 Å². The molecule has 0 spiro atoms. The molecule has 0 saturated carbocycles. The zero-order valence-electron chi connectivity index (χ0n) is 13.4. The van der Waals surface area contributed by atoms with E-state index < -0.39 is 0 Å². The quantitative estimate of drug-likeness (QED) is 0.463. The van der Waals surface area contributed by atoms with Gasteiger partial charge < -0.3 is 5.73 Å². The molecule has 0 aliphatic rings. The van der Waals surface area contributed by atoms with Crippen LogP contribution in [0.5, 0.6) is 0 Å². The molecular formula is C17H30N4. The van der Waals surface area contributed by atoms with Crippen LogP contribution in [0, 0.1) is 16.2 Å². The lowest BCUT2D eigenvalue weighted by Crippen LogP contribution is -2.31. The van der Waals surface area contributed by atoms with Crippen molar-refractivity contribution in [3.63, 3.8) is 0 Å². The molecule has 4 heteroatoms. The summed E-state index contributed by atoms with van der Waals surface area (Å²) in [5.41, 5.74) is 6.86. The molecule has 0 heterocycles. The Balaban J connectivity index is 2.13. The fraction of sp³-hybridized carbons (Fsp3) is 0.706. The Morgan fingerprint density at radius 1 is 0.667 bits per heavy atom. The van der Waals surface area contributed by atoms with Crippen molar-refractivity contribution in [2.24, 2.45) is 0 Å². The van der Waals surface area contributed by atoms with Crippen molar-refractivity contribution in [1.29, 1.82) is 16.2 Å². The summed E-state index contributed by atoms with van der Waals surface area (Å²) < 4.78 is 0. The summed E-state index contributed by atoms with van der Waals surface area (Å²) in [5, 5.41) is 23.2. The van der Waals surface area contributed by atoms with Crippen LogP contribution < -0.4 is 21.8 Å². The lowest BCUT2D eigenvalue weighted by molar-refractivity contribution is 0.556. The van der Waals surface area contributed by atoms with Gasteiger partial charge in [0.15, 0.2) is 0 Å². The van der Waals surface area contributed by atoms with Crippen LogP contribution in [0.15, 0.2) is 0 Å². The fourth-order valence-electron chi connectivity index (χ4n) is 2.74. The largest absolute Gasteiger partial charge is 0.397 e. The van der Waals surface area contributed by atoms with E-state index in [2.05, 4.69) is 6.92 Å². The van der Waals surface area contributed by atoms with Gasteiger partial charge in [0, 0.05) is 5.56 Å². The molecule has 0 amide bonds. The fourth-order valence-corrected chi connectivity index (χ4v) is 2.74. The molecule has 1 aromatic rings. The van der Waals surface area contributed by atoms with E-state index in [0.29, 0.717) is 11.3 Å². The molecule has 0 saturated heterocycles. The molecule has 1 rings (SSSR count). The monoisotopic (exact) mass is 290 g/mol. The number of anilines is 1. The number of rotatable bonds is 11. The van der Waals surface area contributed by atoms with Gasteiger partial charge in [-0.15, -0.1) is 0 Å². The minimum atomic E-state index is -0.0189. The minimum absolute atomic E-state index is 0.0189. The van der Waals surface area contributed by atoms with Crippen molar-refractivity contribution in [2.75, 3.05) is 5.73 Å². The Morgan fingerprint density at radius 3 is 1.57 bits per heavy atom. The Morgan fingerprint density at radius 2 is 1.14 bits per heavy atom. The number of hydrogen-bond acceptors (Lipinski definition) is 4. The van der Waals surface area contributed by atoms with Gasteiger partial charge in [0.1, 0.15) is 10.7 Å². The molecule has 0 bridgehead atoms. The second-order valence-electron chi connectivity index (χ2n) is 5.95. The number of unbranched alkanes of at least 4 members (excludes halogenated alkanes) is 9. The van der Waals surface area contributed by atoms with E-state index in [1.165, 1.54) is 51.4 Å². The molecule has 21 heavy (non-hydrogen) atoms. The molecule has 0 aromatic heterocycles. The van der Waals surface area contributed by atoms with Gasteiger partial charge >= 0.3 is 0 Å². The first-order chi connectivity index (χ1) is 10.1. The van der Waals surface area contributed by atoms with E-state index in [1.54, 1.807) is 0 Å². The molecule has 0 aliphatic heterocycles. The van der Waals surface area contributed by atoms with E-state index in [1.807, 2.05) is 0 Å². The van der Waals surface area contributed by atoms with Crippen LogP contribution >= 0.6 is 0 Å². The van der Waals surface area contributed by atoms with E-state index in [4.69, 9.17) is 22.0 Å². The number of nitrogen functional groups attached to an aromatic ring is 1. The lowest BCUT2D eigenvalue weighted by atomic mass is 10.0. The van der Waals surface area contributed by atoms with Crippen LogP contribution in [0.2, 0.25) is 0 Å². The highest BCUT2D eigenvalue weighted by Crippen LogP contribution is 2.12. The zero-order valence-corrected chi connectivity index (χ0v) is 13.4. The maximum Gasteiger partial charge on any atom is 0.106 e. The summed E-state index contributed by atoms with van der Waals surface area (Å²) in [4.78, 5) is 0. The van der Waals surface area contributed by atoms with Crippen LogP contribution in [-0.4, -0.2) is 0 Å². The third-order valence-corrected chi connectivity index (χ3v) is 4.18. The molecule has 0 atom stereocenters. The first kappa shape index (κ1) is 17.6. The molecule has 0 unspecified atom stereocenters. The average Bonchev–Trinajstić information content (AvgIpc) is 2.66. The third-order valence-electron chi connectivity index (χ3n) is 4.18. The predicted molar refractivity (Wildman–Crippen MR) is 86.3 cm³/mol. The number of nitrogens with one attached hydrogen (secondary N) is 3. The first-order valence-electron chi connectivity index (χ1n) is 8.35. The Hall–Kier alpha value is -1.45. The normalized spacial score (nSPS) is 11.1. The van der Waals surface area contributed by atoms with Gasteiger partial charge in [-0.1, -0.05) is 64.7 Å². The molecule has 118 valence electrons. The summed E-state index contributed by atoms with van der Waals surface area (Å²) in [6, 6.07) is 0. The Bertz CT molecular complexity index is 553. The molecular weight excluding hydrogens is 260 g/mol. The van der Waals surface area contributed by atoms with Gasteiger partial charge in [0.25, 0.3) is 0 Å². The van der Waals surface area contributed by atoms with Gasteiger partial charge in [-0.3, -0.25) is 16.2 Å². The van der Waals surface area contributed by atoms with E-state index in [9.17, 15) is 0 Å². The molecule has 0 radical (unpaired) electrons. The second-order valence-corrected chi connectivity index (χ2v) is 5.95. The molecule has 5 N–H and O–H groups in total. The van der Waals surface area contributed by atoms with Crippen molar-refractivity contribution in [3.05, 3.63) is 21.6 Å². The summed E-state index contributed by atoms with van der Waals surface area (Å²) >= 11 is 0. The standard InChI is InChI=1S/C17H30N4/c1-2-3-4-5-6-7-8-9-10-11-12-13-14(18)16(20)17(21)15(13)19/h18,20-21H,2-12,19H2,1H3. The van der Waals surface area contributed by atoms with Crippen molar-refractivity contribution in [3.8, 4) is 0 Å². The first-order valence-corrected chi connectivity index (χ1v) is 8.35. The van der Waals surface area contributed by atoms with E-state index >= 15 is 0 Å². The highest BCUT2D eigenvalue weighted by Gasteiger charge is 2.09. The minimum Gasteiger partial charge on any atom is -0.397 e. The smallest absolute Gasteiger partial charge is 0.106 e. The highest BCUT2D eigenvalue weighted by atomic mass is 14.6. The van der Waals surface area contributed by atoms with Crippen molar-refractivity contribution >= 4 is 5.69 Å². The van der Waals surface area contributed by atoms with Gasteiger partial charge in [0.2, 0.25) is 0 Å². The maximum atomic E-state index is 7.80. The van der Waals surface area contributed by atoms with Crippen LogP contribution in [0.3, 0.4) is 0 Å². The van der Waals surface area contributed by atoms with E-state index in [0.717, 1.165) is 19.3 Å². The molecule has 0 fully saturated rings. The van der Waals surface area contributed by atoms with Gasteiger partial charge in [-0.05, 0) is 12.8 Å². The summed E-state index contributed by atoms with van der Waals surface area (Å²) in [6.45, 7) is 2.25. The highest BCUT2D eigenvalue weighted by molar-refractivity contribution is 5.46. The molecule has 4 nitrogen and oxygen atoms in total. The van der Waals surface area contributed by atoms with Crippen molar-refractivity contribution < 1.29 is 0 Å². The Labute approximate surface area is 127 Å². The topological polar surface area (TPSA) is 97.6 Å². The number of nitrogens with two attached hydrogens (primary N) is 1. The summed E-state index contributed by atoms with van der Waals surface area (Å²) in [6.07, 6.45) is 13.6. The van der Waals surface area contributed by atoms with Gasteiger partial charge in [-0.25, -0.2) is 0 Å². The SMILES string of the molecule is CCCCCCCCCCCCc1c(N)c(=N)c(=N)c1=N. The molecule has 0 aliphatic carbocycles. The van der Waals surface area contributed by atoms with Crippen LogP contribution in [-0.2, 0) is 6.42 Å². The maximum absolute atomic E-state index is 7.80. The number of hydrogen-bond donors (Lipinski definition) is 4. The van der Waals surface area contributed by atoms with Crippen LogP contribution in [0.1, 0.15) is 76.7 Å². The summed E-state index contributed by atoms with van der Waals surface area (Å²) in [7, 11) is 0. The second kappa shape index (κ2) is 9.48.